The van der Waals surface area contributed by atoms with E-state index in [1.807, 2.05) is 18.2 Å². The Morgan fingerprint density at radius 2 is 2.19 bits per heavy atom. The molecule has 1 fully saturated rings. The van der Waals surface area contributed by atoms with Crippen molar-refractivity contribution in [2.24, 2.45) is 0 Å². The number of rotatable bonds is 4. The topological polar surface area (TPSA) is 52.6 Å². The molecule has 0 radical (unpaired) electrons. The van der Waals surface area contributed by atoms with E-state index < -0.39 is 5.97 Å². The molecule has 1 aliphatic heterocycles. The number of para-hydroxylation sites is 1. The highest BCUT2D eigenvalue weighted by molar-refractivity contribution is 5.69. The lowest BCUT2D eigenvalue weighted by Gasteiger charge is -2.18. The predicted octanol–water partition coefficient (Wildman–Crippen LogP) is 0.939. The monoisotopic (exact) mass is 220 g/mol. The summed E-state index contributed by atoms with van der Waals surface area (Å²) in [4.78, 5) is 12.7. The van der Waals surface area contributed by atoms with Crippen molar-refractivity contribution in [3.63, 3.8) is 0 Å². The van der Waals surface area contributed by atoms with Crippen molar-refractivity contribution in [3.05, 3.63) is 30.3 Å². The van der Waals surface area contributed by atoms with Crippen molar-refractivity contribution in [2.45, 2.75) is 12.5 Å². The van der Waals surface area contributed by atoms with Crippen molar-refractivity contribution < 1.29 is 9.90 Å². The largest absolute Gasteiger partial charge is 0.480 e. The van der Waals surface area contributed by atoms with Crippen LogP contribution < -0.4 is 10.2 Å². The Morgan fingerprint density at radius 1 is 1.44 bits per heavy atom. The number of nitrogens with one attached hydrogen (secondary N) is 1. The van der Waals surface area contributed by atoms with Gasteiger partial charge in [-0.15, -0.1) is 0 Å². The quantitative estimate of drug-likeness (QED) is 0.793. The standard InChI is InChI=1S/C12H16N2O2/c15-12(16)8-13-10-6-7-14(9-10)11-4-2-1-3-5-11/h1-5,10,13H,6-9H2,(H,15,16). The lowest BCUT2D eigenvalue weighted by Crippen LogP contribution is -2.35. The zero-order chi connectivity index (χ0) is 11.4. The molecule has 16 heavy (non-hydrogen) atoms. The van der Waals surface area contributed by atoms with Gasteiger partial charge >= 0.3 is 5.97 Å². The molecule has 1 aliphatic rings. The number of anilines is 1. The normalized spacial score (nSPS) is 20.0. The van der Waals surface area contributed by atoms with E-state index in [2.05, 4.69) is 22.3 Å². The summed E-state index contributed by atoms with van der Waals surface area (Å²) in [5.74, 6) is -0.793. The first-order chi connectivity index (χ1) is 7.75. The zero-order valence-corrected chi connectivity index (χ0v) is 9.10. The summed E-state index contributed by atoms with van der Waals surface area (Å²) in [6.07, 6.45) is 1.00. The van der Waals surface area contributed by atoms with Gasteiger partial charge in [-0.1, -0.05) is 18.2 Å². The lowest BCUT2D eigenvalue weighted by molar-refractivity contribution is -0.136. The Hall–Kier alpha value is -1.55. The van der Waals surface area contributed by atoms with Crippen LogP contribution >= 0.6 is 0 Å². The summed E-state index contributed by atoms with van der Waals surface area (Å²) < 4.78 is 0. The first-order valence-electron chi connectivity index (χ1n) is 5.51. The number of benzene rings is 1. The molecule has 1 heterocycles. The summed E-state index contributed by atoms with van der Waals surface area (Å²) in [7, 11) is 0. The van der Waals surface area contributed by atoms with E-state index in [9.17, 15) is 4.79 Å². The molecule has 0 amide bonds. The average molecular weight is 220 g/mol. The second-order valence-electron chi connectivity index (χ2n) is 4.04. The third kappa shape index (κ3) is 2.73. The Kier molecular flexibility index (Phi) is 3.41. The smallest absolute Gasteiger partial charge is 0.317 e. The summed E-state index contributed by atoms with van der Waals surface area (Å²) in [6.45, 7) is 1.92. The number of carbonyl (C=O) groups is 1. The summed E-state index contributed by atoms with van der Waals surface area (Å²) in [6, 6.07) is 10.5. The number of hydrogen-bond acceptors (Lipinski definition) is 3. The van der Waals surface area contributed by atoms with E-state index in [0.29, 0.717) is 0 Å². The van der Waals surface area contributed by atoms with E-state index >= 15 is 0 Å². The molecule has 1 aromatic rings. The maximum absolute atomic E-state index is 10.4. The van der Waals surface area contributed by atoms with Gasteiger partial charge in [0.05, 0.1) is 6.54 Å². The van der Waals surface area contributed by atoms with Crippen LogP contribution in [0.15, 0.2) is 30.3 Å². The molecule has 1 aromatic carbocycles. The van der Waals surface area contributed by atoms with Crippen molar-refractivity contribution >= 4 is 11.7 Å². The van der Waals surface area contributed by atoms with Gasteiger partial charge in [-0.25, -0.2) is 0 Å². The molecule has 2 rings (SSSR count). The van der Waals surface area contributed by atoms with E-state index in [-0.39, 0.29) is 12.6 Å². The highest BCUT2D eigenvalue weighted by Gasteiger charge is 2.22. The maximum atomic E-state index is 10.4. The minimum Gasteiger partial charge on any atom is -0.480 e. The summed E-state index contributed by atoms with van der Waals surface area (Å²) >= 11 is 0. The number of carboxylic acids is 1. The first kappa shape index (κ1) is 11.0. The van der Waals surface area contributed by atoms with Crippen molar-refractivity contribution in [2.75, 3.05) is 24.5 Å². The molecule has 1 saturated heterocycles. The summed E-state index contributed by atoms with van der Waals surface area (Å²) in [5, 5.41) is 11.6. The van der Waals surface area contributed by atoms with Gasteiger partial charge in [-0.05, 0) is 18.6 Å². The molecule has 0 aromatic heterocycles. The van der Waals surface area contributed by atoms with Gasteiger partial charge in [0, 0.05) is 24.8 Å². The Labute approximate surface area is 94.9 Å². The van der Waals surface area contributed by atoms with Crippen molar-refractivity contribution in [1.29, 1.82) is 0 Å². The van der Waals surface area contributed by atoms with Crippen LogP contribution in [0.3, 0.4) is 0 Å². The fraction of sp³-hybridized carbons (Fsp3) is 0.417. The van der Waals surface area contributed by atoms with Gasteiger partial charge in [-0.2, -0.15) is 0 Å². The number of aliphatic carboxylic acids is 1. The second kappa shape index (κ2) is 4.99. The van der Waals surface area contributed by atoms with Gasteiger partial charge in [0.15, 0.2) is 0 Å². The molecule has 0 bridgehead atoms. The molecule has 4 heteroatoms. The van der Waals surface area contributed by atoms with Crippen LogP contribution in [0.2, 0.25) is 0 Å². The molecule has 1 atom stereocenters. The molecule has 86 valence electrons. The Balaban J connectivity index is 1.86. The van der Waals surface area contributed by atoms with Crippen molar-refractivity contribution in [3.8, 4) is 0 Å². The second-order valence-corrected chi connectivity index (χ2v) is 4.04. The number of carboxylic acid groups (broad SMARTS) is 1. The fourth-order valence-corrected chi connectivity index (χ4v) is 2.03. The molecule has 0 aliphatic carbocycles. The maximum Gasteiger partial charge on any atom is 0.317 e. The van der Waals surface area contributed by atoms with E-state index in [0.717, 1.165) is 19.5 Å². The van der Waals surface area contributed by atoms with Gasteiger partial charge in [0.25, 0.3) is 0 Å². The van der Waals surface area contributed by atoms with Crippen LogP contribution in [0.1, 0.15) is 6.42 Å². The molecule has 0 saturated carbocycles. The molecular weight excluding hydrogens is 204 g/mol. The van der Waals surface area contributed by atoms with E-state index in [4.69, 9.17) is 5.11 Å². The third-order valence-electron chi connectivity index (χ3n) is 2.85. The fourth-order valence-electron chi connectivity index (χ4n) is 2.03. The SMILES string of the molecule is O=C(O)CNC1CCN(c2ccccc2)C1. The zero-order valence-electron chi connectivity index (χ0n) is 9.10. The van der Waals surface area contributed by atoms with Crippen molar-refractivity contribution in [1.82, 2.24) is 5.32 Å². The molecular formula is C12H16N2O2. The predicted molar refractivity (Wildman–Crippen MR) is 62.7 cm³/mol. The van der Waals surface area contributed by atoms with Crippen LogP contribution in [0, 0.1) is 0 Å². The number of hydrogen-bond donors (Lipinski definition) is 2. The minimum atomic E-state index is -0.793. The van der Waals surface area contributed by atoms with Gasteiger partial charge in [-0.3, -0.25) is 4.79 Å². The minimum absolute atomic E-state index is 0.0489. The highest BCUT2D eigenvalue weighted by atomic mass is 16.4. The van der Waals surface area contributed by atoms with E-state index in [1.165, 1.54) is 5.69 Å². The average Bonchev–Trinajstić information content (AvgIpc) is 2.76. The Morgan fingerprint density at radius 3 is 2.88 bits per heavy atom. The lowest BCUT2D eigenvalue weighted by atomic mass is 10.2. The molecule has 4 nitrogen and oxygen atoms in total. The molecule has 0 spiro atoms. The van der Waals surface area contributed by atoms with E-state index in [1.54, 1.807) is 0 Å². The van der Waals surface area contributed by atoms with Crippen LogP contribution in [0.5, 0.6) is 0 Å². The Bertz CT molecular complexity index is 353. The van der Waals surface area contributed by atoms with Crippen LogP contribution in [-0.2, 0) is 4.79 Å². The molecule has 1 unspecified atom stereocenters. The first-order valence-corrected chi connectivity index (χ1v) is 5.51. The van der Waals surface area contributed by atoms with Crippen LogP contribution in [-0.4, -0.2) is 36.8 Å². The molecule has 2 N–H and O–H groups in total. The van der Waals surface area contributed by atoms with Gasteiger partial charge in [0.2, 0.25) is 0 Å². The third-order valence-corrected chi connectivity index (χ3v) is 2.85. The van der Waals surface area contributed by atoms with Gasteiger partial charge in [0.1, 0.15) is 0 Å². The highest BCUT2D eigenvalue weighted by Crippen LogP contribution is 2.19. The van der Waals surface area contributed by atoms with Crippen LogP contribution in [0.25, 0.3) is 0 Å². The number of nitrogens with zero attached hydrogens (tertiary/aromatic N) is 1. The van der Waals surface area contributed by atoms with Gasteiger partial charge < -0.3 is 15.3 Å². The van der Waals surface area contributed by atoms with Crippen LogP contribution in [0.4, 0.5) is 5.69 Å². The summed E-state index contributed by atoms with van der Waals surface area (Å²) in [5.41, 5.74) is 1.21.